The van der Waals surface area contributed by atoms with Crippen molar-refractivity contribution in [2.45, 2.75) is 26.3 Å². The minimum atomic E-state index is 0. The molecule has 1 saturated carbocycles. The lowest BCUT2D eigenvalue weighted by Gasteiger charge is -2.34. The van der Waals surface area contributed by atoms with E-state index in [0.717, 1.165) is 51.1 Å². The van der Waals surface area contributed by atoms with Gasteiger partial charge in [-0.15, -0.1) is 24.0 Å². The van der Waals surface area contributed by atoms with Crippen LogP contribution in [0.4, 0.5) is 0 Å². The highest BCUT2D eigenvalue weighted by Gasteiger charge is 2.33. The minimum Gasteiger partial charge on any atom is -0.355 e. The van der Waals surface area contributed by atoms with Crippen molar-refractivity contribution in [3.63, 3.8) is 0 Å². The van der Waals surface area contributed by atoms with Crippen molar-refractivity contribution in [3.8, 4) is 0 Å². The number of carbonyl (C=O) groups is 1. The van der Waals surface area contributed by atoms with Crippen LogP contribution < -0.4 is 10.6 Å². The van der Waals surface area contributed by atoms with Crippen molar-refractivity contribution in [2.24, 2.45) is 10.9 Å². The van der Waals surface area contributed by atoms with Crippen LogP contribution in [0.15, 0.2) is 4.99 Å². The molecule has 2 N–H and O–H groups in total. The number of guanidine groups is 1. The molecule has 7 heteroatoms. The Labute approximate surface area is 144 Å². The zero-order valence-electron chi connectivity index (χ0n) is 13.3. The first-order valence-corrected chi connectivity index (χ1v) is 7.55. The summed E-state index contributed by atoms with van der Waals surface area (Å²) in [5.74, 6) is 1.86. The normalized spacial score (nSPS) is 26.0. The number of halogens is 1. The van der Waals surface area contributed by atoms with E-state index in [1.54, 1.807) is 6.92 Å². The lowest BCUT2D eigenvalue weighted by molar-refractivity contribution is -0.130. The fraction of sp³-hybridized carbons (Fsp3) is 0.857. The van der Waals surface area contributed by atoms with Gasteiger partial charge < -0.3 is 15.5 Å². The lowest BCUT2D eigenvalue weighted by Crippen LogP contribution is -2.50. The second kappa shape index (κ2) is 8.77. The molecule has 122 valence electrons. The molecule has 2 rings (SSSR count). The molecule has 2 atom stereocenters. The van der Waals surface area contributed by atoms with Gasteiger partial charge >= 0.3 is 0 Å². The van der Waals surface area contributed by atoms with Crippen molar-refractivity contribution in [1.29, 1.82) is 0 Å². The van der Waals surface area contributed by atoms with Gasteiger partial charge in [-0.1, -0.05) is 6.92 Å². The maximum atomic E-state index is 11.3. The highest BCUT2D eigenvalue weighted by Crippen LogP contribution is 2.28. The monoisotopic (exact) mass is 409 g/mol. The van der Waals surface area contributed by atoms with Crippen LogP contribution >= 0.6 is 24.0 Å². The molecule has 2 fully saturated rings. The van der Waals surface area contributed by atoms with Crippen LogP contribution in [0, 0.1) is 5.92 Å². The van der Waals surface area contributed by atoms with Gasteiger partial charge in [0.05, 0.1) is 0 Å². The van der Waals surface area contributed by atoms with E-state index < -0.39 is 0 Å². The van der Waals surface area contributed by atoms with Gasteiger partial charge in [-0.3, -0.25) is 14.7 Å². The average Bonchev–Trinajstić information content (AvgIpc) is 3.13. The summed E-state index contributed by atoms with van der Waals surface area (Å²) in [4.78, 5) is 19.8. The number of nitrogens with zero attached hydrogens (tertiary/aromatic N) is 3. The largest absolute Gasteiger partial charge is 0.355 e. The van der Waals surface area contributed by atoms with Crippen molar-refractivity contribution in [2.75, 3.05) is 46.3 Å². The summed E-state index contributed by atoms with van der Waals surface area (Å²) in [7, 11) is 1.81. The third-order valence-corrected chi connectivity index (χ3v) is 4.19. The number of nitrogens with one attached hydrogen (secondary N) is 2. The maximum Gasteiger partial charge on any atom is 0.219 e. The Bertz CT molecular complexity index is 368. The number of aliphatic imine (C=N–C) groups is 1. The summed E-state index contributed by atoms with van der Waals surface area (Å²) in [6.45, 7) is 9.41. The SMILES string of the molecule is CN=C(NCCN1CCN(C(C)=O)CC1)NC1CC1C.I. The number of hydrogen-bond acceptors (Lipinski definition) is 3. The first-order chi connectivity index (χ1) is 9.60. The van der Waals surface area contributed by atoms with Crippen molar-refractivity contribution < 1.29 is 4.79 Å². The van der Waals surface area contributed by atoms with E-state index in [1.807, 2.05) is 11.9 Å². The molecule has 6 nitrogen and oxygen atoms in total. The molecule has 2 aliphatic rings. The molecule has 21 heavy (non-hydrogen) atoms. The standard InChI is InChI=1S/C14H27N5O.HI/c1-11-10-13(11)17-14(15-3)16-4-5-18-6-8-19(9-7-18)12(2)20;/h11,13H,4-10H2,1-3H3,(H2,15,16,17);1H. The molecule has 1 amide bonds. The zero-order chi connectivity index (χ0) is 14.5. The molecule has 1 saturated heterocycles. The van der Waals surface area contributed by atoms with Crippen LogP contribution in [0.5, 0.6) is 0 Å². The number of carbonyl (C=O) groups excluding carboxylic acids is 1. The molecule has 0 aromatic rings. The van der Waals surface area contributed by atoms with E-state index in [-0.39, 0.29) is 29.9 Å². The summed E-state index contributed by atoms with van der Waals surface area (Å²) < 4.78 is 0. The van der Waals surface area contributed by atoms with E-state index >= 15 is 0 Å². The molecule has 1 heterocycles. The fourth-order valence-electron chi connectivity index (χ4n) is 2.51. The Hall–Kier alpha value is -0.570. The molecule has 0 spiro atoms. The predicted octanol–water partition coefficient (Wildman–Crippen LogP) is 0.342. The Morgan fingerprint density at radius 1 is 1.29 bits per heavy atom. The smallest absolute Gasteiger partial charge is 0.219 e. The molecule has 0 aromatic heterocycles. The van der Waals surface area contributed by atoms with Crippen LogP contribution in [-0.4, -0.2) is 74.0 Å². The second-order valence-electron chi connectivity index (χ2n) is 5.81. The van der Waals surface area contributed by atoms with Crippen molar-refractivity contribution in [3.05, 3.63) is 0 Å². The topological polar surface area (TPSA) is 60.0 Å². The van der Waals surface area contributed by atoms with Gasteiger partial charge in [0.15, 0.2) is 5.96 Å². The Balaban J connectivity index is 0.00000220. The van der Waals surface area contributed by atoms with Gasteiger partial charge in [0.25, 0.3) is 0 Å². The number of hydrogen-bond donors (Lipinski definition) is 2. The summed E-state index contributed by atoms with van der Waals surface area (Å²) in [6, 6.07) is 0.598. The van der Waals surface area contributed by atoms with Gasteiger partial charge in [0.1, 0.15) is 0 Å². The molecule has 1 aliphatic carbocycles. The lowest BCUT2D eigenvalue weighted by atomic mass is 10.3. The number of piperazine rings is 1. The number of rotatable bonds is 4. The van der Waals surface area contributed by atoms with Gasteiger partial charge in [-0.2, -0.15) is 0 Å². The summed E-state index contributed by atoms with van der Waals surface area (Å²) in [5.41, 5.74) is 0. The Morgan fingerprint density at radius 3 is 2.38 bits per heavy atom. The van der Waals surface area contributed by atoms with E-state index in [4.69, 9.17) is 0 Å². The summed E-state index contributed by atoms with van der Waals surface area (Å²) in [6.07, 6.45) is 1.24. The van der Waals surface area contributed by atoms with Crippen LogP contribution in [0.25, 0.3) is 0 Å². The molecular weight excluding hydrogens is 381 g/mol. The quantitative estimate of drug-likeness (QED) is 0.400. The van der Waals surface area contributed by atoms with E-state index in [0.29, 0.717) is 6.04 Å². The molecule has 0 radical (unpaired) electrons. The van der Waals surface area contributed by atoms with E-state index in [2.05, 4.69) is 27.4 Å². The maximum absolute atomic E-state index is 11.3. The van der Waals surface area contributed by atoms with Gasteiger partial charge in [0.2, 0.25) is 5.91 Å². The fourth-order valence-corrected chi connectivity index (χ4v) is 2.51. The second-order valence-corrected chi connectivity index (χ2v) is 5.81. The van der Waals surface area contributed by atoms with Crippen molar-refractivity contribution in [1.82, 2.24) is 20.4 Å². The van der Waals surface area contributed by atoms with Crippen molar-refractivity contribution >= 4 is 35.8 Å². The van der Waals surface area contributed by atoms with Gasteiger partial charge in [-0.25, -0.2) is 0 Å². The highest BCUT2D eigenvalue weighted by atomic mass is 127. The third-order valence-electron chi connectivity index (χ3n) is 4.19. The average molecular weight is 409 g/mol. The first kappa shape index (κ1) is 18.5. The number of amides is 1. The molecule has 0 bridgehead atoms. The summed E-state index contributed by atoms with van der Waals surface area (Å²) >= 11 is 0. The van der Waals surface area contributed by atoms with Crippen LogP contribution in [0.1, 0.15) is 20.3 Å². The molecular formula is C14H28IN5O. The van der Waals surface area contributed by atoms with Crippen LogP contribution in [0.2, 0.25) is 0 Å². The van der Waals surface area contributed by atoms with Crippen LogP contribution in [0.3, 0.4) is 0 Å². The zero-order valence-corrected chi connectivity index (χ0v) is 15.6. The Morgan fingerprint density at radius 2 is 1.90 bits per heavy atom. The molecule has 2 unspecified atom stereocenters. The Kier molecular flexibility index (Phi) is 7.72. The molecule has 1 aliphatic heterocycles. The minimum absolute atomic E-state index is 0. The van der Waals surface area contributed by atoms with Crippen LogP contribution in [-0.2, 0) is 4.79 Å². The summed E-state index contributed by atoms with van der Waals surface area (Å²) in [5, 5.41) is 6.78. The van der Waals surface area contributed by atoms with Gasteiger partial charge in [-0.05, 0) is 12.3 Å². The highest BCUT2D eigenvalue weighted by molar-refractivity contribution is 14.0. The van der Waals surface area contributed by atoms with E-state index in [9.17, 15) is 4.79 Å². The predicted molar refractivity (Wildman–Crippen MR) is 96.2 cm³/mol. The van der Waals surface area contributed by atoms with E-state index in [1.165, 1.54) is 6.42 Å². The first-order valence-electron chi connectivity index (χ1n) is 7.55. The third kappa shape index (κ3) is 5.98. The molecule has 0 aromatic carbocycles. The van der Waals surface area contributed by atoms with Gasteiger partial charge in [0, 0.05) is 59.3 Å².